The lowest BCUT2D eigenvalue weighted by Gasteiger charge is -2.40. The predicted octanol–water partition coefficient (Wildman–Crippen LogP) is 1.48. The van der Waals surface area contributed by atoms with Crippen molar-refractivity contribution < 1.29 is 8.42 Å². The molecule has 0 spiro atoms. The summed E-state index contributed by atoms with van der Waals surface area (Å²) in [7, 11) is -1.66. The lowest BCUT2D eigenvalue weighted by atomic mass is 9.89. The molecule has 0 bridgehead atoms. The first-order valence-electron chi connectivity index (χ1n) is 6.53. The molecule has 21 heavy (non-hydrogen) atoms. The Morgan fingerprint density at radius 1 is 1.33 bits per heavy atom. The van der Waals surface area contributed by atoms with Gasteiger partial charge >= 0.3 is 0 Å². The van der Waals surface area contributed by atoms with Gasteiger partial charge in [0.15, 0.2) is 0 Å². The SMILES string of the molecule is CN1CCC(NS(=O)(=O)c2ccc(Br)cc2)(C(N)=S)CC1. The summed E-state index contributed by atoms with van der Waals surface area (Å²) in [6.45, 7) is 1.50. The summed E-state index contributed by atoms with van der Waals surface area (Å²) in [5.41, 5.74) is 5.00. The van der Waals surface area contributed by atoms with Gasteiger partial charge in [0, 0.05) is 17.6 Å². The van der Waals surface area contributed by atoms with E-state index >= 15 is 0 Å². The molecule has 0 aromatic heterocycles. The number of hydrogen-bond acceptors (Lipinski definition) is 4. The van der Waals surface area contributed by atoms with Crippen molar-refractivity contribution in [1.82, 2.24) is 9.62 Å². The molecule has 116 valence electrons. The number of benzene rings is 1. The van der Waals surface area contributed by atoms with Crippen LogP contribution in [0.1, 0.15) is 12.8 Å². The molecule has 8 heteroatoms. The van der Waals surface area contributed by atoms with Gasteiger partial charge in [0.1, 0.15) is 0 Å². The second kappa shape index (κ2) is 6.29. The fraction of sp³-hybridized carbons (Fsp3) is 0.462. The fourth-order valence-corrected chi connectivity index (χ4v) is 4.35. The number of piperidine rings is 1. The van der Waals surface area contributed by atoms with E-state index in [2.05, 4.69) is 25.6 Å². The van der Waals surface area contributed by atoms with E-state index in [1.165, 1.54) is 0 Å². The van der Waals surface area contributed by atoms with Crippen LogP contribution in [0.25, 0.3) is 0 Å². The van der Waals surface area contributed by atoms with Crippen LogP contribution in [0.2, 0.25) is 0 Å². The second-order valence-corrected chi connectivity index (χ2v) is 8.35. The molecule has 1 aliphatic heterocycles. The van der Waals surface area contributed by atoms with Crippen LogP contribution in [-0.4, -0.2) is 44.0 Å². The standard InChI is InChI=1S/C13H18BrN3O2S2/c1-17-8-6-13(7-9-17,12(15)20)16-21(18,19)11-4-2-10(14)3-5-11/h2-5,16H,6-9H2,1H3,(H2,15,20). The average Bonchev–Trinajstić information content (AvgIpc) is 2.41. The highest BCUT2D eigenvalue weighted by atomic mass is 79.9. The lowest BCUT2D eigenvalue weighted by Crippen LogP contribution is -2.61. The van der Waals surface area contributed by atoms with Crippen molar-refractivity contribution >= 4 is 43.2 Å². The van der Waals surface area contributed by atoms with Gasteiger partial charge in [-0.3, -0.25) is 0 Å². The van der Waals surface area contributed by atoms with E-state index in [1.54, 1.807) is 24.3 Å². The van der Waals surface area contributed by atoms with Crippen LogP contribution in [-0.2, 0) is 10.0 Å². The van der Waals surface area contributed by atoms with E-state index in [0.717, 1.165) is 17.6 Å². The minimum atomic E-state index is -3.65. The number of sulfonamides is 1. The first-order valence-corrected chi connectivity index (χ1v) is 9.22. The number of thiocarbonyl (C=S) groups is 1. The van der Waals surface area contributed by atoms with Gasteiger partial charge in [-0.05, 0) is 44.2 Å². The van der Waals surface area contributed by atoms with Crippen LogP contribution in [0.3, 0.4) is 0 Å². The number of nitrogens with zero attached hydrogens (tertiary/aromatic N) is 1. The molecule has 0 atom stereocenters. The highest BCUT2D eigenvalue weighted by molar-refractivity contribution is 9.10. The number of likely N-dealkylation sites (tertiary alicyclic amines) is 1. The first-order chi connectivity index (χ1) is 9.75. The summed E-state index contributed by atoms with van der Waals surface area (Å²) in [6.07, 6.45) is 1.16. The van der Waals surface area contributed by atoms with Gasteiger partial charge in [0.05, 0.1) is 15.4 Å². The molecule has 0 saturated carbocycles. The van der Waals surface area contributed by atoms with Crippen molar-refractivity contribution in [3.05, 3.63) is 28.7 Å². The number of rotatable bonds is 4. The van der Waals surface area contributed by atoms with Gasteiger partial charge in [-0.25, -0.2) is 8.42 Å². The van der Waals surface area contributed by atoms with E-state index in [0.29, 0.717) is 12.8 Å². The molecule has 1 aromatic rings. The highest BCUT2D eigenvalue weighted by Gasteiger charge is 2.40. The summed E-state index contributed by atoms with van der Waals surface area (Å²) in [6, 6.07) is 6.48. The molecule has 0 amide bonds. The second-order valence-electron chi connectivity index (χ2n) is 5.31. The Hall–Kier alpha value is -0.540. The van der Waals surface area contributed by atoms with Crippen LogP contribution in [0, 0.1) is 0 Å². The third-order valence-corrected chi connectivity index (χ3v) is 6.24. The van der Waals surface area contributed by atoms with Crippen molar-refractivity contribution in [1.29, 1.82) is 0 Å². The van der Waals surface area contributed by atoms with Crippen molar-refractivity contribution in [3.63, 3.8) is 0 Å². The Kier molecular flexibility index (Phi) is 5.04. The maximum atomic E-state index is 12.5. The maximum Gasteiger partial charge on any atom is 0.241 e. The molecular formula is C13H18BrN3O2S2. The summed E-state index contributed by atoms with van der Waals surface area (Å²) >= 11 is 8.42. The van der Waals surface area contributed by atoms with Crippen LogP contribution in [0.15, 0.2) is 33.6 Å². The molecule has 0 unspecified atom stereocenters. The summed E-state index contributed by atoms with van der Waals surface area (Å²) < 4.78 is 28.6. The Bertz CT molecular complexity index is 623. The third-order valence-electron chi connectivity index (χ3n) is 3.77. The third kappa shape index (κ3) is 3.81. The molecule has 0 radical (unpaired) electrons. The minimum Gasteiger partial charge on any atom is -0.392 e. The monoisotopic (exact) mass is 391 g/mol. The van der Waals surface area contributed by atoms with Crippen molar-refractivity contribution in [2.24, 2.45) is 5.73 Å². The minimum absolute atomic E-state index is 0.205. The molecule has 2 rings (SSSR count). The number of hydrogen-bond donors (Lipinski definition) is 2. The highest BCUT2D eigenvalue weighted by Crippen LogP contribution is 2.25. The van der Waals surface area contributed by atoms with Crippen molar-refractivity contribution in [2.75, 3.05) is 20.1 Å². The van der Waals surface area contributed by atoms with Gasteiger partial charge in [-0.15, -0.1) is 0 Å². The summed E-state index contributed by atoms with van der Waals surface area (Å²) in [5, 5.41) is 0. The van der Waals surface area contributed by atoms with Gasteiger partial charge in [-0.1, -0.05) is 28.1 Å². The Morgan fingerprint density at radius 2 is 1.86 bits per heavy atom. The Labute approximate surface area is 139 Å². The summed E-state index contributed by atoms with van der Waals surface area (Å²) in [5.74, 6) is 0. The van der Waals surface area contributed by atoms with Gasteiger partial charge in [0.25, 0.3) is 0 Å². The van der Waals surface area contributed by atoms with Crippen LogP contribution in [0.4, 0.5) is 0 Å². The van der Waals surface area contributed by atoms with E-state index in [4.69, 9.17) is 18.0 Å². The number of nitrogens with two attached hydrogens (primary N) is 1. The maximum absolute atomic E-state index is 12.5. The van der Waals surface area contributed by atoms with Crippen molar-refractivity contribution in [3.8, 4) is 0 Å². The molecular weight excluding hydrogens is 374 g/mol. The quantitative estimate of drug-likeness (QED) is 0.760. The lowest BCUT2D eigenvalue weighted by molar-refractivity contribution is 0.220. The van der Waals surface area contributed by atoms with Gasteiger partial charge < -0.3 is 10.6 Å². The van der Waals surface area contributed by atoms with Crippen LogP contribution < -0.4 is 10.5 Å². The van der Waals surface area contributed by atoms with Crippen molar-refractivity contribution in [2.45, 2.75) is 23.3 Å². The van der Waals surface area contributed by atoms with Crippen LogP contribution in [0.5, 0.6) is 0 Å². The van der Waals surface area contributed by atoms with E-state index < -0.39 is 15.6 Å². The zero-order valence-corrected chi connectivity index (χ0v) is 14.9. The molecule has 1 aliphatic rings. The van der Waals surface area contributed by atoms with E-state index in [1.807, 2.05) is 7.05 Å². The Balaban J connectivity index is 2.28. The Morgan fingerprint density at radius 3 is 2.33 bits per heavy atom. The molecule has 1 heterocycles. The predicted molar refractivity (Wildman–Crippen MR) is 90.7 cm³/mol. The fourth-order valence-electron chi connectivity index (χ4n) is 2.33. The molecule has 5 nitrogen and oxygen atoms in total. The number of halogens is 1. The van der Waals surface area contributed by atoms with Gasteiger partial charge in [-0.2, -0.15) is 4.72 Å². The average molecular weight is 392 g/mol. The zero-order valence-electron chi connectivity index (χ0n) is 11.7. The van der Waals surface area contributed by atoms with E-state index in [-0.39, 0.29) is 9.88 Å². The zero-order chi connectivity index (χ0) is 15.7. The molecule has 1 aromatic carbocycles. The molecule has 3 N–H and O–H groups in total. The smallest absolute Gasteiger partial charge is 0.241 e. The number of nitrogens with one attached hydrogen (secondary N) is 1. The molecule has 0 aliphatic carbocycles. The molecule has 1 fully saturated rings. The van der Waals surface area contributed by atoms with Crippen LogP contribution >= 0.6 is 28.1 Å². The first kappa shape index (κ1) is 16.8. The normalized spacial score (nSPS) is 19.3. The largest absolute Gasteiger partial charge is 0.392 e. The summed E-state index contributed by atoms with van der Waals surface area (Å²) in [4.78, 5) is 2.54. The molecule has 1 saturated heterocycles. The van der Waals surface area contributed by atoms with Gasteiger partial charge in [0.2, 0.25) is 10.0 Å². The topological polar surface area (TPSA) is 75.4 Å². The van der Waals surface area contributed by atoms with E-state index in [9.17, 15) is 8.42 Å².